The second-order valence-electron chi connectivity index (χ2n) is 7.27. The number of amides is 3. The smallest absolute Gasteiger partial charge is 0.338 e. The van der Waals surface area contributed by atoms with E-state index in [9.17, 15) is 19.2 Å². The van der Waals surface area contributed by atoms with Gasteiger partial charge in [0.15, 0.2) is 6.61 Å². The van der Waals surface area contributed by atoms with Gasteiger partial charge in [-0.25, -0.2) is 4.79 Å². The maximum Gasteiger partial charge on any atom is 0.338 e. The van der Waals surface area contributed by atoms with Gasteiger partial charge >= 0.3 is 5.97 Å². The van der Waals surface area contributed by atoms with E-state index in [0.29, 0.717) is 41.3 Å². The van der Waals surface area contributed by atoms with Gasteiger partial charge in [0.2, 0.25) is 5.91 Å². The van der Waals surface area contributed by atoms with Crippen LogP contribution in [0.5, 0.6) is 5.75 Å². The zero-order chi connectivity index (χ0) is 24.0. The first-order chi connectivity index (χ1) is 15.9. The highest BCUT2D eigenvalue weighted by molar-refractivity contribution is 6.06. The van der Waals surface area contributed by atoms with Crippen molar-refractivity contribution in [3.63, 3.8) is 0 Å². The number of anilines is 2. The van der Waals surface area contributed by atoms with Crippen LogP contribution in [0.2, 0.25) is 0 Å². The van der Waals surface area contributed by atoms with Gasteiger partial charge < -0.3 is 19.7 Å². The first kappa shape index (κ1) is 23.8. The van der Waals surface area contributed by atoms with Gasteiger partial charge in [0, 0.05) is 24.3 Å². The number of rotatable bonds is 8. The van der Waals surface area contributed by atoms with Crippen molar-refractivity contribution >= 4 is 35.1 Å². The summed E-state index contributed by atoms with van der Waals surface area (Å²) < 4.78 is 10.4. The van der Waals surface area contributed by atoms with Crippen LogP contribution in [0.3, 0.4) is 0 Å². The van der Waals surface area contributed by atoms with Gasteiger partial charge in [-0.2, -0.15) is 0 Å². The van der Waals surface area contributed by atoms with Gasteiger partial charge in [-0.3, -0.25) is 19.3 Å². The SMILES string of the molecule is CCOC(=O)c1ccc(NC(=O)CN2C(=O)COc3ccc(C(=O)N(CC)CC)cc32)cc1. The van der Waals surface area contributed by atoms with Crippen molar-refractivity contribution in [1.82, 2.24) is 4.90 Å². The van der Waals surface area contributed by atoms with Crippen LogP contribution in [0.15, 0.2) is 42.5 Å². The van der Waals surface area contributed by atoms with Crippen LogP contribution >= 0.6 is 0 Å². The first-order valence-corrected chi connectivity index (χ1v) is 10.8. The molecule has 0 fully saturated rings. The lowest BCUT2D eigenvalue weighted by molar-refractivity contribution is -0.123. The van der Waals surface area contributed by atoms with E-state index in [4.69, 9.17) is 9.47 Å². The number of fused-ring (bicyclic) bond motifs is 1. The lowest BCUT2D eigenvalue weighted by atomic mass is 10.1. The Morgan fingerprint density at radius 2 is 1.70 bits per heavy atom. The number of hydrogen-bond acceptors (Lipinski definition) is 6. The van der Waals surface area contributed by atoms with Crippen molar-refractivity contribution in [1.29, 1.82) is 0 Å². The Morgan fingerprint density at radius 1 is 1.03 bits per heavy atom. The Labute approximate surface area is 192 Å². The summed E-state index contributed by atoms with van der Waals surface area (Å²) in [6.07, 6.45) is 0. The third-order valence-corrected chi connectivity index (χ3v) is 5.18. The molecule has 1 aliphatic heterocycles. The van der Waals surface area contributed by atoms with E-state index in [1.54, 1.807) is 54.3 Å². The maximum atomic E-state index is 12.7. The van der Waals surface area contributed by atoms with Crippen LogP contribution < -0.4 is 15.0 Å². The number of carbonyl (C=O) groups excluding carboxylic acids is 4. The first-order valence-electron chi connectivity index (χ1n) is 10.8. The van der Waals surface area contributed by atoms with Gasteiger partial charge in [0.25, 0.3) is 11.8 Å². The summed E-state index contributed by atoms with van der Waals surface area (Å²) in [5.41, 5.74) is 1.63. The molecular formula is C24H27N3O6. The van der Waals surface area contributed by atoms with Gasteiger partial charge in [0.05, 0.1) is 17.9 Å². The summed E-state index contributed by atoms with van der Waals surface area (Å²) in [6, 6.07) is 11.1. The molecule has 9 nitrogen and oxygen atoms in total. The molecule has 1 heterocycles. The Morgan fingerprint density at radius 3 is 2.33 bits per heavy atom. The zero-order valence-corrected chi connectivity index (χ0v) is 18.9. The summed E-state index contributed by atoms with van der Waals surface area (Å²) in [5.74, 6) is -0.992. The molecular weight excluding hydrogens is 426 g/mol. The second kappa shape index (κ2) is 10.6. The van der Waals surface area contributed by atoms with Crippen molar-refractivity contribution < 1.29 is 28.7 Å². The summed E-state index contributed by atoms with van der Waals surface area (Å²) in [7, 11) is 0. The average molecular weight is 453 g/mol. The predicted molar refractivity (Wildman–Crippen MR) is 123 cm³/mol. The highest BCUT2D eigenvalue weighted by Gasteiger charge is 2.29. The van der Waals surface area contributed by atoms with Crippen molar-refractivity contribution in [3.05, 3.63) is 53.6 Å². The Balaban J connectivity index is 1.75. The monoisotopic (exact) mass is 453 g/mol. The van der Waals surface area contributed by atoms with E-state index < -0.39 is 11.9 Å². The summed E-state index contributed by atoms with van der Waals surface area (Å²) in [4.78, 5) is 52.7. The van der Waals surface area contributed by atoms with E-state index in [0.717, 1.165) is 0 Å². The lowest BCUT2D eigenvalue weighted by Gasteiger charge is -2.29. The van der Waals surface area contributed by atoms with Crippen LogP contribution in [0.4, 0.5) is 11.4 Å². The van der Waals surface area contributed by atoms with E-state index in [1.165, 1.54) is 4.90 Å². The normalized spacial score (nSPS) is 12.5. The largest absolute Gasteiger partial charge is 0.482 e. The molecule has 9 heteroatoms. The van der Waals surface area contributed by atoms with Crippen molar-refractivity contribution in [2.75, 3.05) is 43.1 Å². The molecule has 3 amide bonds. The zero-order valence-electron chi connectivity index (χ0n) is 18.9. The fourth-order valence-electron chi connectivity index (χ4n) is 3.45. The molecule has 0 aromatic heterocycles. The molecule has 0 radical (unpaired) electrons. The number of benzene rings is 2. The molecule has 0 bridgehead atoms. The number of carbonyl (C=O) groups is 4. The van der Waals surface area contributed by atoms with Gasteiger partial charge in [-0.15, -0.1) is 0 Å². The van der Waals surface area contributed by atoms with Crippen molar-refractivity contribution in [2.45, 2.75) is 20.8 Å². The summed E-state index contributed by atoms with van der Waals surface area (Å²) in [5, 5.41) is 2.71. The number of ether oxygens (including phenoxy) is 2. The minimum Gasteiger partial charge on any atom is -0.482 e. The molecule has 174 valence electrons. The highest BCUT2D eigenvalue weighted by atomic mass is 16.5. The van der Waals surface area contributed by atoms with Crippen LogP contribution in [0, 0.1) is 0 Å². The number of nitrogens with zero attached hydrogens (tertiary/aromatic N) is 2. The number of hydrogen-bond donors (Lipinski definition) is 1. The maximum absolute atomic E-state index is 12.7. The van der Waals surface area contributed by atoms with E-state index in [1.807, 2.05) is 13.8 Å². The quantitative estimate of drug-likeness (QED) is 0.616. The minimum atomic E-state index is -0.444. The molecule has 0 atom stereocenters. The topological polar surface area (TPSA) is 105 Å². The van der Waals surface area contributed by atoms with Crippen LogP contribution in [0.25, 0.3) is 0 Å². The summed E-state index contributed by atoms with van der Waals surface area (Å²) >= 11 is 0. The van der Waals surface area contributed by atoms with E-state index >= 15 is 0 Å². The molecule has 1 aliphatic rings. The van der Waals surface area contributed by atoms with Gasteiger partial charge in [0.1, 0.15) is 12.3 Å². The molecule has 3 rings (SSSR count). The Bertz CT molecular complexity index is 1050. The molecule has 0 saturated carbocycles. The molecule has 1 N–H and O–H groups in total. The molecule has 0 aliphatic carbocycles. The minimum absolute atomic E-state index is 0.160. The van der Waals surface area contributed by atoms with E-state index in [-0.39, 0.29) is 31.6 Å². The van der Waals surface area contributed by atoms with Crippen LogP contribution in [-0.2, 0) is 14.3 Å². The van der Waals surface area contributed by atoms with Crippen molar-refractivity contribution in [3.8, 4) is 5.75 Å². The average Bonchev–Trinajstić information content (AvgIpc) is 2.82. The Kier molecular flexibility index (Phi) is 7.66. The van der Waals surface area contributed by atoms with Gasteiger partial charge in [-0.05, 0) is 63.2 Å². The third kappa shape index (κ3) is 5.49. The molecule has 33 heavy (non-hydrogen) atoms. The molecule has 2 aromatic carbocycles. The lowest BCUT2D eigenvalue weighted by Crippen LogP contribution is -2.43. The predicted octanol–water partition coefficient (Wildman–Crippen LogP) is 2.71. The fourth-order valence-corrected chi connectivity index (χ4v) is 3.45. The fraction of sp³-hybridized carbons (Fsp3) is 0.333. The van der Waals surface area contributed by atoms with Crippen LogP contribution in [-0.4, -0.2) is 61.4 Å². The van der Waals surface area contributed by atoms with Gasteiger partial charge in [-0.1, -0.05) is 0 Å². The Hall–Kier alpha value is -3.88. The molecule has 0 unspecified atom stereocenters. The third-order valence-electron chi connectivity index (χ3n) is 5.18. The standard InChI is InChI=1S/C24H27N3O6/c1-4-26(5-2)23(30)17-9-12-20-19(13-17)27(22(29)15-33-20)14-21(28)25-18-10-7-16(8-11-18)24(31)32-6-3/h7-13H,4-6,14-15H2,1-3H3,(H,25,28). The second-order valence-corrected chi connectivity index (χ2v) is 7.27. The van der Waals surface area contributed by atoms with E-state index in [2.05, 4.69) is 5.32 Å². The number of esters is 1. The molecule has 0 saturated heterocycles. The summed E-state index contributed by atoms with van der Waals surface area (Å²) in [6.45, 7) is 6.45. The number of nitrogens with one attached hydrogen (secondary N) is 1. The van der Waals surface area contributed by atoms with Crippen molar-refractivity contribution in [2.24, 2.45) is 0 Å². The molecule has 0 spiro atoms. The van der Waals surface area contributed by atoms with Crippen LogP contribution in [0.1, 0.15) is 41.5 Å². The molecule has 2 aromatic rings. The highest BCUT2D eigenvalue weighted by Crippen LogP contribution is 2.33.